The number of Topliss-reactive ketones (excluding diaryl/α,β-unsaturated/α-hetero) is 1. The maximum absolute atomic E-state index is 13.4. The van der Waals surface area contributed by atoms with Crippen molar-refractivity contribution in [2.24, 2.45) is 0 Å². The second-order valence-electron chi connectivity index (χ2n) is 7.64. The molecule has 2 aromatic heterocycles. The number of esters is 1. The van der Waals surface area contributed by atoms with Crippen LogP contribution in [0.25, 0.3) is 11.2 Å². The van der Waals surface area contributed by atoms with Crippen LogP contribution in [-0.4, -0.2) is 62.4 Å². The third-order valence-corrected chi connectivity index (χ3v) is 6.52. The lowest BCUT2D eigenvalue weighted by Gasteiger charge is -2.26. The average Bonchev–Trinajstić information content (AvgIpc) is 3.07. The fraction of sp³-hybridized carbons (Fsp3) is 0.611. The van der Waals surface area contributed by atoms with Gasteiger partial charge in [0.1, 0.15) is 18.2 Å². The minimum Gasteiger partial charge on any atom is -0.462 e. The van der Waals surface area contributed by atoms with E-state index in [9.17, 15) is 18.9 Å². The second-order valence-corrected chi connectivity index (χ2v) is 9.89. The van der Waals surface area contributed by atoms with Crippen molar-refractivity contribution in [3.63, 3.8) is 0 Å². The van der Waals surface area contributed by atoms with Crippen LogP contribution in [0.15, 0.2) is 11.1 Å². The molecule has 0 saturated heterocycles. The quantitative estimate of drug-likeness (QED) is 0.190. The Morgan fingerprint density at radius 3 is 2.53 bits per heavy atom. The molecule has 32 heavy (non-hydrogen) atoms. The molecule has 0 aliphatic heterocycles. The zero-order chi connectivity index (χ0) is 24.1. The van der Waals surface area contributed by atoms with Crippen molar-refractivity contribution >= 4 is 36.3 Å². The number of hydrogen-bond acceptors (Lipinski definition) is 9. The Kier molecular flexibility index (Phi) is 8.67. The van der Waals surface area contributed by atoms with Crippen LogP contribution in [0.5, 0.6) is 0 Å². The summed E-state index contributed by atoms with van der Waals surface area (Å²) >= 11 is 0. The zero-order valence-electron chi connectivity index (χ0n) is 18.7. The molecule has 14 heteroatoms. The Labute approximate surface area is 184 Å². The van der Waals surface area contributed by atoms with Crippen LogP contribution in [-0.2, 0) is 30.2 Å². The van der Waals surface area contributed by atoms with E-state index >= 15 is 0 Å². The lowest BCUT2D eigenvalue weighted by atomic mass is 10.3. The van der Waals surface area contributed by atoms with Crippen LogP contribution >= 0.6 is 7.44 Å². The van der Waals surface area contributed by atoms with Crippen molar-refractivity contribution in [2.45, 2.75) is 59.4 Å². The van der Waals surface area contributed by atoms with Gasteiger partial charge in [-0.3, -0.25) is 23.9 Å². The Balaban J connectivity index is 2.05. The first-order chi connectivity index (χ1) is 14.9. The van der Waals surface area contributed by atoms with Crippen molar-refractivity contribution in [2.75, 3.05) is 18.7 Å². The number of fused-ring (bicyclic) bond motifs is 1. The molecule has 2 rings (SSSR count). The number of carbonyl (C=O) groups is 2. The predicted molar refractivity (Wildman–Crippen MR) is 118 cm³/mol. The van der Waals surface area contributed by atoms with Crippen LogP contribution in [0, 0.1) is 0 Å². The average molecular weight is 471 g/mol. The molecule has 0 aliphatic rings. The first kappa shape index (κ1) is 25.7. The van der Waals surface area contributed by atoms with Crippen molar-refractivity contribution < 1.29 is 23.6 Å². The maximum atomic E-state index is 13.4. The van der Waals surface area contributed by atoms with Gasteiger partial charge < -0.3 is 19.8 Å². The van der Waals surface area contributed by atoms with Gasteiger partial charge in [0.15, 0.2) is 11.2 Å². The molecule has 3 atom stereocenters. The Hall–Kier alpha value is -2.60. The third kappa shape index (κ3) is 6.95. The molecule has 0 aromatic carbocycles. The number of ether oxygens (including phenoxy) is 2. The summed E-state index contributed by atoms with van der Waals surface area (Å²) in [5, 5.41) is 5.46. The van der Waals surface area contributed by atoms with Gasteiger partial charge in [-0.1, -0.05) is 0 Å². The monoisotopic (exact) mass is 471 g/mol. The number of nitrogen functional groups attached to an aromatic ring is 1. The summed E-state index contributed by atoms with van der Waals surface area (Å²) in [6.45, 7) is 8.21. The summed E-state index contributed by atoms with van der Waals surface area (Å²) in [5.41, 5.74) is 5.56. The van der Waals surface area contributed by atoms with Gasteiger partial charge in [0.2, 0.25) is 13.4 Å². The van der Waals surface area contributed by atoms with Crippen molar-refractivity contribution in [3.05, 3.63) is 16.7 Å². The lowest BCUT2D eigenvalue weighted by molar-refractivity contribution is -0.149. The molecule has 0 amide bonds. The molecule has 2 heterocycles. The van der Waals surface area contributed by atoms with Gasteiger partial charge >= 0.3 is 5.97 Å². The number of imidazole rings is 1. The second kappa shape index (κ2) is 10.8. The topological polar surface area (TPSA) is 183 Å². The standard InChI is InChI=1S/C18H30N7O6P/c1-10(2)31-17(28)12(4)24-32(29,23-11(3)13(5)26)9-30-7-6-25-8-20-14-15(25)21-18(19)22-16(14)27/h8,10-12H,6-7,9H2,1-5H3,(H2,23,24,29)(H3,19,21,22,27)/t11-,12+,32?/m1/s1. The van der Waals surface area contributed by atoms with Gasteiger partial charge in [-0.2, -0.15) is 4.98 Å². The predicted octanol–water partition coefficient (Wildman–Crippen LogP) is 0.366. The SMILES string of the molecule is CC(=O)[C@@H](C)NP(=O)(COCCn1cnc2c(=O)[nH]c(N)nc21)N[C@@H](C)C(=O)OC(C)C. The third-order valence-electron chi connectivity index (χ3n) is 4.36. The highest BCUT2D eigenvalue weighted by Crippen LogP contribution is 2.37. The Morgan fingerprint density at radius 1 is 1.25 bits per heavy atom. The number of nitrogens with one attached hydrogen (secondary N) is 3. The summed E-state index contributed by atoms with van der Waals surface area (Å²) in [5.74, 6) is -0.831. The Bertz CT molecular complexity index is 1070. The van der Waals surface area contributed by atoms with Gasteiger partial charge in [-0.15, -0.1) is 0 Å². The van der Waals surface area contributed by atoms with Crippen LogP contribution in [0.3, 0.4) is 0 Å². The lowest BCUT2D eigenvalue weighted by Crippen LogP contribution is -2.42. The van der Waals surface area contributed by atoms with Crippen LogP contribution < -0.4 is 21.5 Å². The number of rotatable bonds is 12. The maximum Gasteiger partial charge on any atom is 0.323 e. The highest BCUT2D eigenvalue weighted by molar-refractivity contribution is 7.59. The molecular weight excluding hydrogens is 441 g/mol. The normalized spacial score (nSPS) is 15.4. The molecular formula is C18H30N7O6P. The van der Waals surface area contributed by atoms with Gasteiger partial charge in [0.05, 0.1) is 25.1 Å². The summed E-state index contributed by atoms with van der Waals surface area (Å²) < 4.78 is 25.7. The first-order valence-corrected chi connectivity index (χ1v) is 11.9. The molecule has 5 N–H and O–H groups in total. The summed E-state index contributed by atoms with van der Waals surface area (Å²) in [6.07, 6.45) is 0.798. The van der Waals surface area contributed by atoms with Gasteiger partial charge in [0, 0.05) is 6.54 Å². The molecule has 0 aliphatic carbocycles. The fourth-order valence-corrected chi connectivity index (χ4v) is 4.85. The number of H-pyrrole nitrogens is 1. The largest absolute Gasteiger partial charge is 0.462 e. The summed E-state index contributed by atoms with van der Waals surface area (Å²) in [4.78, 5) is 46.1. The van der Waals surface area contributed by atoms with E-state index in [-0.39, 0.29) is 42.9 Å². The minimum atomic E-state index is -3.51. The molecule has 178 valence electrons. The van der Waals surface area contributed by atoms with Crippen LogP contribution in [0.2, 0.25) is 0 Å². The smallest absolute Gasteiger partial charge is 0.323 e. The number of aromatic nitrogens is 4. The molecule has 0 saturated carbocycles. The van der Waals surface area contributed by atoms with E-state index in [1.807, 2.05) is 0 Å². The van der Waals surface area contributed by atoms with Crippen molar-refractivity contribution in [3.8, 4) is 0 Å². The number of anilines is 1. The number of nitrogens with zero attached hydrogens (tertiary/aromatic N) is 3. The Morgan fingerprint density at radius 2 is 1.91 bits per heavy atom. The van der Waals surface area contributed by atoms with E-state index in [4.69, 9.17) is 15.2 Å². The highest BCUT2D eigenvalue weighted by Gasteiger charge is 2.31. The summed E-state index contributed by atoms with van der Waals surface area (Å²) in [7, 11) is -3.51. The zero-order valence-corrected chi connectivity index (χ0v) is 19.6. The van der Waals surface area contributed by atoms with E-state index in [1.54, 1.807) is 25.3 Å². The van der Waals surface area contributed by atoms with E-state index in [1.165, 1.54) is 20.2 Å². The number of nitrogens with two attached hydrogens (primary N) is 1. The number of aromatic amines is 1. The minimum absolute atomic E-state index is 0.0384. The van der Waals surface area contributed by atoms with Gasteiger partial charge in [0.25, 0.3) is 5.56 Å². The molecule has 13 nitrogen and oxygen atoms in total. The molecule has 1 unspecified atom stereocenters. The van der Waals surface area contributed by atoms with Crippen molar-refractivity contribution in [1.82, 2.24) is 29.7 Å². The van der Waals surface area contributed by atoms with E-state index in [0.717, 1.165) is 0 Å². The number of carbonyl (C=O) groups excluding carboxylic acids is 2. The number of ketones is 1. The number of hydrogen-bond donors (Lipinski definition) is 4. The van der Waals surface area contributed by atoms with E-state index in [2.05, 4.69) is 25.1 Å². The summed E-state index contributed by atoms with van der Waals surface area (Å²) in [6, 6.07) is -1.61. The van der Waals surface area contributed by atoms with Crippen LogP contribution in [0.1, 0.15) is 34.6 Å². The molecule has 0 fully saturated rings. The van der Waals surface area contributed by atoms with E-state index in [0.29, 0.717) is 5.65 Å². The van der Waals surface area contributed by atoms with Gasteiger partial charge in [-0.25, -0.2) is 15.2 Å². The molecule has 0 radical (unpaired) electrons. The fourth-order valence-electron chi connectivity index (χ4n) is 2.71. The highest BCUT2D eigenvalue weighted by atomic mass is 31.2. The molecule has 0 bridgehead atoms. The van der Waals surface area contributed by atoms with Gasteiger partial charge in [-0.05, 0) is 34.6 Å². The van der Waals surface area contributed by atoms with Crippen LogP contribution in [0.4, 0.5) is 5.95 Å². The molecule has 0 spiro atoms. The molecule has 2 aromatic rings. The van der Waals surface area contributed by atoms with Crippen molar-refractivity contribution in [1.29, 1.82) is 0 Å². The first-order valence-electron chi connectivity index (χ1n) is 10.1. The van der Waals surface area contributed by atoms with E-state index < -0.39 is 31.1 Å².